The molecule has 0 unspecified atom stereocenters. The average Bonchev–Trinajstić information content (AvgIpc) is 3.05. The molecule has 3 aromatic rings. The van der Waals surface area contributed by atoms with E-state index in [0.29, 0.717) is 28.0 Å². The number of nitrogens with zero attached hydrogens (tertiary/aromatic N) is 2. The van der Waals surface area contributed by atoms with E-state index in [1.54, 1.807) is 52.0 Å². The number of aromatic amines is 2. The number of carbonyl (C=O) groups is 3. The standard InChI is InChI=1S/C23H26N4O6/c1-12(2)33-22(30)19-13(3)20(24-14(19)4)23(31)32-11-18(28)27(5)10-17-25-16-9-7-6-8-15(16)21(29)26-17/h6-9,12,24H,10-11H2,1-5H3,(H,25,26,29). The Morgan fingerprint density at radius 1 is 1.09 bits per heavy atom. The first kappa shape index (κ1) is 23.7. The van der Waals surface area contributed by atoms with Crippen molar-refractivity contribution in [3.05, 3.63) is 63.0 Å². The van der Waals surface area contributed by atoms with Crippen molar-refractivity contribution in [3.8, 4) is 0 Å². The molecular weight excluding hydrogens is 428 g/mol. The normalized spacial score (nSPS) is 11.0. The minimum atomic E-state index is -0.766. The summed E-state index contributed by atoms with van der Waals surface area (Å²) in [6.45, 7) is 6.23. The van der Waals surface area contributed by atoms with Gasteiger partial charge in [0.1, 0.15) is 11.5 Å². The molecule has 0 fully saturated rings. The Morgan fingerprint density at radius 2 is 1.79 bits per heavy atom. The minimum absolute atomic E-state index is 0.0300. The molecule has 2 aromatic heterocycles. The molecule has 0 bridgehead atoms. The summed E-state index contributed by atoms with van der Waals surface area (Å²) in [5.74, 6) is -1.48. The number of fused-ring (bicyclic) bond motifs is 1. The number of hydrogen-bond donors (Lipinski definition) is 2. The fourth-order valence-corrected chi connectivity index (χ4v) is 3.37. The van der Waals surface area contributed by atoms with Crippen molar-refractivity contribution in [1.29, 1.82) is 0 Å². The van der Waals surface area contributed by atoms with Crippen LogP contribution >= 0.6 is 0 Å². The first-order valence-corrected chi connectivity index (χ1v) is 10.4. The van der Waals surface area contributed by atoms with Crippen LogP contribution in [0.2, 0.25) is 0 Å². The number of ether oxygens (including phenoxy) is 2. The fourth-order valence-electron chi connectivity index (χ4n) is 3.37. The summed E-state index contributed by atoms with van der Waals surface area (Å²) >= 11 is 0. The summed E-state index contributed by atoms with van der Waals surface area (Å²) in [6, 6.07) is 6.89. The number of rotatable bonds is 7. The van der Waals surface area contributed by atoms with Crippen LogP contribution in [0.4, 0.5) is 0 Å². The van der Waals surface area contributed by atoms with E-state index in [0.717, 1.165) is 0 Å². The monoisotopic (exact) mass is 454 g/mol. The quantitative estimate of drug-likeness (QED) is 0.523. The van der Waals surface area contributed by atoms with Crippen LogP contribution in [-0.2, 0) is 20.8 Å². The third kappa shape index (κ3) is 5.28. The lowest BCUT2D eigenvalue weighted by molar-refractivity contribution is -0.133. The molecule has 33 heavy (non-hydrogen) atoms. The molecule has 1 amide bonds. The highest BCUT2D eigenvalue weighted by Crippen LogP contribution is 2.20. The molecule has 0 spiro atoms. The molecule has 2 N–H and O–H groups in total. The van der Waals surface area contributed by atoms with Crippen molar-refractivity contribution >= 4 is 28.7 Å². The van der Waals surface area contributed by atoms with Gasteiger partial charge in [-0.15, -0.1) is 0 Å². The number of para-hydroxylation sites is 1. The predicted molar refractivity (Wildman–Crippen MR) is 120 cm³/mol. The van der Waals surface area contributed by atoms with Gasteiger partial charge in [-0.05, 0) is 45.4 Å². The van der Waals surface area contributed by atoms with Crippen LogP contribution in [0.3, 0.4) is 0 Å². The topological polar surface area (TPSA) is 134 Å². The van der Waals surface area contributed by atoms with E-state index in [9.17, 15) is 19.2 Å². The summed E-state index contributed by atoms with van der Waals surface area (Å²) in [5.41, 5.74) is 1.44. The summed E-state index contributed by atoms with van der Waals surface area (Å²) < 4.78 is 10.4. The van der Waals surface area contributed by atoms with Gasteiger partial charge < -0.3 is 24.3 Å². The molecule has 0 aliphatic rings. The van der Waals surface area contributed by atoms with Crippen LogP contribution in [0.25, 0.3) is 10.9 Å². The van der Waals surface area contributed by atoms with Gasteiger partial charge in [0.15, 0.2) is 6.61 Å². The maximum absolute atomic E-state index is 12.5. The van der Waals surface area contributed by atoms with E-state index < -0.39 is 24.5 Å². The summed E-state index contributed by atoms with van der Waals surface area (Å²) in [7, 11) is 1.51. The van der Waals surface area contributed by atoms with Crippen molar-refractivity contribution < 1.29 is 23.9 Å². The smallest absolute Gasteiger partial charge is 0.355 e. The highest BCUT2D eigenvalue weighted by atomic mass is 16.5. The van der Waals surface area contributed by atoms with Crippen molar-refractivity contribution in [2.75, 3.05) is 13.7 Å². The summed E-state index contributed by atoms with van der Waals surface area (Å²) in [6.07, 6.45) is -0.304. The first-order chi connectivity index (χ1) is 15.6. The number of H-pyrrole nitrogens is 2. The van der Waals surface area contributed by atoms with Crippen molar-refractivity contribution in [1.82, 2.24) is 19.9 Å². The zero-order chi connectivity index (χ0) is 24.3. The molecule has 0 saturated carbocycles. The van der Waals surface area contributed by atoms with Crippen LogP contribution in [-0.4, -0.2) is 57.5 Å². The SMILES string of the molecule is Cc1[nH]c(C(=O)OCC(=O)N(C)Cc2nc3ccccc3c(=O)[nH]2)c(C)c1C(=O)OC(C)C. The van der Waals surface area contributed by atoms with Gasteiger partial charge in [-0.25, -0.2) is 14.6 Å². The Morgan fingerprint density at radius 3 is 2.48 bits per heavy atom. The second-order valence-electron chi connectivity index (χ2n) is 7.93. The Hall–Kier alpha value is -3.95. The maximum atomic E-state index is 12.5. The van der Waals surface area contributed by atoms with E-state index in [4.69, 9.17) is 9.47 Å². The second-order valence-corrected chi connectivity index (χ2v) is 7.93. The number of nitrogens with one attached hydrogen (secondary N) is 2. The number of likely N-dealkylation sites (N-methyl/N-ethyl adjacent to an activating group) is 1. The second kappa shape index (κ2) is 9.68. The number of amides is 1. The van der Waals surface area contributed by atoms with Crippen molar-refractivity contribution in [2.45, 2.75) is 40.3 Å². The summed E-state index contributed by atoms with van der Waals surface area (Å²) in [5, 5.41) is 0.456. The van der Waals surface area contributed by atoms with Gasteiger partial charge in [0, 0.05) is 12.7 Å². The molecule has 1 aromatic carbocycles. The Bertz CT molecular complexity index is 1270. The van der Waals surface area contributed by atoms with Crippen LogP contribution in [0, 0.1) is 13.8 Å². The van der Waals surface area contributed by atoms with Gasteiger partial charge in [-0.3, -0.25) is 9.59 Å². The van der Waals surface area contributed by atoms with Crippen LogP contribution in [0.1, 0.15) is 51.8 Å². The van der Waals surface area contributed by atoms with Gasteiger partial charge in [0.2, 0.25) is 0 Å². The van der Waals surface area contributed by atoms with E-state index in [1.807, 2.05) is 0 Å². The minimum Gasteiger partial charge on any atom is -0.459 e. The van der Waals surface area contributed by atoms with E-state index in [2.05, 4.69) is 15.0 Å². The van der Waals surface area contributed by atoms with Gasteiger partial charge in [-0.2, -0.15) is 0 Å². The number of carbonyl (C=O) groups excluding carboxylic acids is 3. The first-order valence-electron chi connectivity index (χ1n) is 10.4. The molecule has 10 nitrogen and oxygen atoms in total. The molecular formula is C23H26N4O6. The number of aromatic nitrogens is 3. The third-order valence-corrected chi connectivity index (χ3v) is 4.99. The molecule has 174 valence electrons. The van der Waals surface area contributed by atoms with Crippen LogP contribution < -0.4 is 5.56 Å². The Labute approximate surface area is 189 Å². The van der Waals surface area contributed by atoms with Crippen LogP contribution in [0.5, 0.6) is 0 Å². The maximum Gasteiger partial charge on any atom is 0.355 e. The zero-order valence-electron chi connectivity index (χ0n) is 19.1. The molecule has 3 rings (SSSR count). The summed E-state index contributed by atoms with van der Waals surface area (Å²) in [4.78, 5) is 60.6. The van der Waals surface area contributed by atoms with Crippen molar-refractivity contribution in [2.24, 2.45) is 0 Å². The number of aryl methyl sites for hydroxylation is 1. The number of esters is 2. The molecule has 0 saturated heterocycles. The largest absolute Gasteiger partial charge is 0.459 e. The lowest BCUT2D eigenvalue weighted by Crippen LogP contribution is -2.32. The van der Waals surface area contributed by atoms with Gasteiger partial charge in [0.05, 0.1) is 29.1 Å². The van der Waals surface area contributed by atoms with Crippen LogP contribution in [0.15, 0.2) is 29.1 Å². The predicted octanol–water partition coefficient (Wildman–Crippen LogP) is 2.25. The molecule has 10 heteroatoms. The number of benzene rings is 1. The van der Waals surface area contributed by atoms with E-state index in [-0.39, 0.29) is 29.5 Å². The van der Waals surface area contributed by atoms with Gasteiger partial charge in [-0.1, -0.05) is 12.1 Å². The molecule has 0 atom stereocenters. The fraction of sp³-hybridized carbons (Fsp3) is 0.348. The Kier molecular flexibility index (Phi) is 6.95. The molecule has 0 aliphatic heterocycles. The third-order valence-electron chi connectivity index (χ3n) is 4.99. The number of hydrogen-bond acceptors (Lipinski definition) is 7. The molecule has 0 radical (unpaired) electrons. The lowest BCUT2D eigenvalue weighted by Gasteiger charge is -2.16. The molecule has 0 aliphatic carbocycles. The average molecular weight is 454 g/mol. The van der Waals surface area contributed by atoms with Gasteiger partial charge in [0.25, 0.3) is 11.5 Å². The van der Waals surface area contributed by atoms with Gasteiger partial charge >= 0.3 is 11.9 Å². The Balaban J connectivity index is 1.64. The highest BCUT2D eigenvalue weighted by Gasteiger charge is 2.25. The van der Waals surface area contributed by atoms with E-state index >= 15 is 0 Å². The zero-order valence-corrected chi connectivity index (χ0v) is 19.1. The molecule has 2 heterocycles. The highest BCUT2D eigenvalue weighted by molar-refractivity contribution is 5.99. The van der Waals surface area contributed by atoms with Crippen molar-refractivity contribution in [3.63, 3.8) is 0 Å². The van der Waals surface area contributed by atoms with E-state index in [1.165, 1.54) is 11.9 Å². The lowest BCUT2D eigenvalue weighted by atomic mass is 10.1.